The van der Waals surface area contributed by atoms with Gasteiger partial charge in [0.2, 0.25) is 6.79 Å². The van der Waals surface area contributed by atoms with Crippen LogP contribution in [0.25, 0.3) is 0 Å². The number of unbranched alkanes of at least 4 members (excludes halogenated alkanes) is 6. The second-order valence-electron chi connectivity index (χ2n) is 9.34. The molecule has 0 fully saturated rings. The van der Waals surface area contributed by atoms with Gasteiger partial charge in [-0.15, -0.1) is 0 Å². The third kappa shape index (κ3) is 9.44. The average molecular weight is 441 g/mol. The number of esters is 1. The molecule has 0 amide bonds. The molecule has 0 aliphatic carbocycles. The van der Waals surface area contributed by atoms with Crippen molar-refractivity contribution in [2.75, 3.05) is 20.9 Å². The first-order valence-electron chi connectivity index (χ1n) is 12.2. The van der Waals surface area contributed by atoms with Crippen molar-refractivity contribution in [3.05, 3.63) is 65.7 Å². The summed E-state index contributed by atoms with van der Waals surface area (Å²) in [5.74, 6) is 0.508. The molecule has 32 heavy (non-hydrogen) atoms. The van der Waals surface area contributed by atoms with Crippen molar-refractivity contribution in [1.82, 2.24) is 0 Å². The predicted octanol–water partition coefficient (Wildman–Crippen LogP) is 6.52. The number of hydrogen-bond acceptors (Lipinski definition) is 3. The van der Waals surface area contributed by atoms with Gasteiger partial charge in [0.25, 0.3) is 0 Å². The molecule has 4 heteroatoms. The van der Waals surface area contributed by atoms with Gasteiger partial charge in [0.15, 0.2) is 6.04 Å². The van der Waals surface area contributed by atoms with E-state index in [0.29, 0.717) is 4.48 Å². The van der Waals surface area contributed by atoms with E-state index in [0.717, 1.165) is 18.7 Å². The molecule has 2 rings (SSSR count). The maximum absolute atomic E-state index is 12.6. The van der Waals surface area contributed by atoms with E-state index in [-0.39, 0.29) is 18.8 Å². The highest BCUT2D eigenvalue weighted by molar-refractivity contribution is 5.74. The van der Waals surface area contributed by atoms with Gasteiger partial charge in [0.05, 0.1) is 14.1 Å². The van der Waals surface area contributed by atoms with Crippen LogP contribution in [0.15, 0.2) is 54.6 Å². The minimum absolute atomic E-state index is 0.0601. The van der Waals surface area contributed by atoms with Crippen LogP contribution in [0.5, 0.6) is 5.75 Å². The molecular weight excluding hydrogens is 398 g/mol. The Kier molecular flexibility index (Phi) is 11.3. The second kappa shape index (κ2) is 13.9. The summed E-state index contributed by atoms with van der Waals surface area (Å²) < 4.78 is 11.7. The number of benzene rings is 2. The van der Waals surface area contributed by atoms with Crippen molar-refractivity contribution in [3.8, 4) is 5.75 Å². The highest BCUT2D eigenvalue weighted by Crippen LogP contribution is 2.18. The van der Waals surface area contributed by atoms with E-state index >= 15 is 0 Å². The Labute approximate surface area is 195 Å². The molecule has 1 unspecified atom stereocenters. The van der Waals surface area contributed by atoms with E-state index in [1.165, 1.54) is 56.1 Å². The molecule has 0 saturated carbocycles. The van der Waals surface area contributed by atoms with Crippen LogP contribution in [-0.4, -0.2) is 37.4 Å². The summed E-state index contributed by atoms with van der Waals surface area (Å²) in [4.78, 5) is 12.6. The molecule has 1 atom stereocenters. The van der Waals surface area contributed by atoms with E-state index in [9.17, 15) is 4.79 Å². The Morgan fingerprint density at radius 2 is 1.53 bits per heavy atom. The zero-order chi connectivity index (χ0) is 23.2. The standard InChI is InChI=1S/C28H42NO3/c1-5-6-7-8-9-10-12-16-25-19-15-20-27(21-25)31-23-32-28(30)24(2)29(3,4)22-26-17-13-11-14-18-26/h11,13-15,17-21,24H,5-10,12,16,22-23H2,1-4H3/q+1. The van der Waals surface area contributed by atoms with Crippen LogP contribution in [0.2, 0.25) is 0 Å². The van der Waals surface area contributed by atoms with Crippen molar-refractivity contribution in [1.29, 1.82) is 0 Å². The maximum Gasteiger partial charge on any atom is 0.367 e. The fourth-order valence-electron chi connectivity index (χ4n) is 3.83. The van der Waals surface area contributed by atoms with Crippen molar-refractivity contribution < 1.29 is 18.8 Å². The molecule has 2 aromatic carbocycles. The average Bonchev–Trinajstić information content (AvgIpc) is 2.78. The third-order valence-corrected chi connectivity index (χ3v) is 6.22. The van der Waals surface area contributed by atoms with Gasteiger partial charge >= 0.3 is 5.97 Å². The van der Waals surface area contributed by atoms with Crippen LogP contribution in [0.4, 0.5) is 0 Å². The summed E-state index contributed by atoms with van der Waals surface area (Å²) >= 11 is 0. The maximum atomic E-state index is 12.6. The number of carbonyl (C=O) groups is 1. The monoisotopic (exact) mass is 440 g/mol. The first-order valence-corrected chi connectivity index (χ1v) is 12.2. The summed E-state index contributed by atoms with van der Waals surface area (Å²) in [6.45, 7) is 4.87. The van der Waals surface area contributed by atoms with Crippen LogP contribution >= 0.6 is 0 Å². The smallest absolute Gasteiger partial charge is 0.367 e. The van der Waals surface area contributed by atoms with E-state index in [4.69, 9.17) is 9.47 Å². The molecule has 0 heterocycles. The summed E-state index contributed by atoms with van der Waals surface area (Å²) in [6.07, 6.45) is 10.2. The lowest BCUT2D eigenvalue weighted by molar-refractivity contribution is -0.917. The Bertz CT molecular complexity index is 788. The van der Waals surface area contributed by atoms with E-state index in [1.807, 2.05) is 51.4 Å². The zero-order valence-electron chi connectivity index (χ0n) is 20.5. The summed E-state index contributed by atoms with van der Waals surface area (Å²) in [7, 11) is 4.10. The third-order valence-electron chi connectivity index (χ3n) is 6.22. The molecule has 4 nitrogen and oxygen atoms in total. The molecule has 2 aromatic rings. The van der Waals surface area contributed by atoms with Gasteiger partial charge in [-0.25, -0.2) is 4.79 Å². The van der Waals surface area contributed by atoms with Crippen molar-refractivity contribution in [3.63, 3.8) is 0 Å². The lowest BCUT2D eigenvalue weighted by atomic mass is 10.0. The number of carbonyl (C=O) groups excluding carboxylic acids is 1. The lowest BCUT2D eigenvalue weighted by Crippen LogP contribution is -2.51. The highest BCUT2D eigenvalue weighted by atomic mass is 16.7. The molecule has 0 spiro atoms. The Hall–Kier alpha value is -2.33. The van der Waals surface area contributed by atoms with Crippen LogP contribution in [0.1, 0.15) is 69.9 Å². The number of rotatable bonds is 15. The highest BCUT2D eigenvalue weighted by Gasteiger charge is 2.32. The Balaban J connectivity index is 1.72. The molecule has 0 aliphatic rings. The number of ether oxygens (including phenoxy) is 2. The van der Waals surface area contributed by atoms with Crippen LogP contribution in [0.3, 0.4) is 0 Å². The minimum atomic E-state index is -0.289. The number of aryl methyl sites for hydroxylation is 1. The molecule has 0 aromatic heterocycles. The summed E-state index contributed by atoms with van der Waals surface area (Å²) in [5, 5.41) is 0. The van der Waals surface area contributed by atoms with Gasteiger partial charge in [0.1, 0.15) is 12.3 Å². The van der Waals surface area contributed by atoms with Gasteiger partial charge in [0, 0.05) is 5.56 Å². The van der Waals surface area contributed by atoms with E-state index < -0.39 is 0 Å². The Morgan fingerprint density at radius 3 is 2.25 bits per heavy atom. The first kappa shape index (κ1) is 25.9. The van der Waals surface area contributed by atoms with Gasteiger partial charge in [-0.2, -0.15) is 0 Å². The topological polar surface area (TPSA) is 35.5 Å². The molecule has 0 radical (unpaired) electrons. The summed E-state index contributed by atoms with van der Waals surface area (Å²) in [6, 6.07) is 18.1. The Morgan fingerprint density at radius 1 is 0.875 bits per heavy atom. The molecular formula is C28H42NO3+. The number of likely N-dealkylation sites (N-methyl/N-ethyl adjacent to an activating group) is 1. The van der Waals surface area contributed by atoms with Gasteiger partial charge < -0.3 is 14.0 Å². The van der Waals surface area contributed by atoms with E-state index in [1.54, 1.807) is 0 Å². The van der Waals surface area contributed by atoms with Crippen LogP contribution in [-0.2, 0) is 22.5 Å². The van der Waals surface area contributed by atoms with Gasteiger partial charge in [-0.05, 0) is 37.5 Å². The number of hydrogen-bond donors (Lipinski definition) is 0. The predicted molar refractivity (Wildman–Crippen MR) is 131 cm³/mol. The van der Waals surface area contributed by atoms with Crippen LogP contribution < -0.4 is 4.74 Å². The number of quaternary nitrogens is 1. The molecule has 0 aliphatic heterocycles. The fraction of sp³-hybridized carbons (Fsp3) is 0.536. The second-order valence-corrected chi connectivity index (χ2v) is 9.34. The van der Waals surface area contributed by atoms with Crippen molar-refractivity contribution in [2.24, 2.45) is 0 Å². The quantitative estimate of drug-likeness (QED) is 0.137. The van der Waals surface area contributed by atoms with Crippen molar-refractivity contribution in [2.45, 2.75) is 77.8 Å². The lowest BCUT2D eigenvalue weighted by Gasteiger charge is -2.34. The SMILES string of the molecule is CCCCCCCCCc1cccc(OCOC(=O)C(C)[N+](C)(C)Cc2ccccc2)c1. The largest absolute Gasteiger partial charge is 0.457 e. The normalized spacial score (nSPS) is 12.4. The van der Waals surface area contributed by atoms with Crippen molar-refractivity contribution >= 4 is 5.97 Å². The molecule has 0 saturated heterocycles. The minimum Gasteiger partial charge on any atom is -0.457 e. The van der Waals surface area contributed by atoms with E-state index in [2.05, 4.69) is 31.2 Å². The van der Waals surface area contributed by atoms with Gasteiger partial charge in [-0.1, -0.05) is 87.9 Å². The zero-order valence-corrected chi connectivity index (χ0v) is 20.5. The number of nitrogens with zero attached hydrogens (tertiary/aromatic N) is 1. The van der Waals surface area contributed by atoms with Gasteiger partial charge in [-0.3, -0.25) is 0 Å². The van der Waals surface area contributed by atoms with Crippen LogP contribution in [0, 0.1) is 0 Å². The molecule has 0 bridgehead atoms. The molecule has 0 N–H and O–H groups in total. The summed E-state index contributed by atoms with van der Waals surface area (Å²) in [5.41, 5.74) is 2.47. The molecule has 176 valence electrons. The fourth-order valence-corrected chi connectivity index (χ4v) is 3.83. The first-order chi connectivity index (χ1) is 15.4.